The number of rotatable bonds is 7. The summed E-state index contributed by atoms with van der Waals surface area (Å²) in [5, 5.41) is 10.6. The fraction of sp³-hybridized carbons (Fsp3) is 0.148. The van der Waals surface area contributed by atoms with Gasteiger partial charge in [-0.15, -0.1) is 0 Å². The van der Waals surface area contributed by atoms with Gasteiger partial charge < -0.3 is 15.4 Å². The number of carbonyl (C=O) groups excluding carboxylic acids is 1. The predicted octanol–water partition coefficient (Wildman–Crippen LogP) is 4.83. The third kappa shape index (κ3) is 4.54. The number of hydrogen-bond acceptors (Lipinski definition) is 5. The summed E-state index contributed by atoms with van der Waals surface area (Å²) < 4.78 is 7.68. The van der Waals surface area contributed by atoms with Crippen molar-refractivity contribution in [1.82, 2.24) is 14.8 Å². The van der Waals surface area contributed by atoms with E-state index in [4.69, 9.17) is 4.74 Å². The molecule has 2 heterocycles. The van der Waals surface area contributed by atoms with Gasteiger partial charge in [0.15, 0.2) is 0 Å². The van der Waals surface area contributed by atoms with E-state index >= 15 is 0 Å². The highest BCUT2D eigenvalue weighted by molar-refractivity contribution is 6.06. The van der Waals surface area contributed by atoms with Gasteiger partial charge in [0.25, 0.3) is 5.91 Å². The first-order valence-corrected chi connectivity index (χ1v) is 11.2. The van der Waals surface area contributed by atoms with Crippen molar-refractivity contribution in [2.45, 2.75) is 19.4 Å². The van der Waals surface area contributed by atoms with Crippen LogP contribution in [0.5, 0.6) is 5.75 Å². The average molecular weight is 452 g/mol. The number of anilines is 2. The smallest absolute Gasteiger partial charge is 0.255 e. The van der Waals surface area contributed by atoms with E-state index < -0.39 is 6.04 Å². The molecule has 4 aromatic rings. The van der Waals surface area contributed by atoms with Crippen molar-refractivity contribution in [3.63, 3.8) is 0 Å². The third-order valence-electron chi connectivity index (χ3n) is 5.77. The number of aromatic nitrogens is 3. The minimum absolute atomic E-state index is 0.189. The van der Waals surface area contributed by atoms with Crippen LogP contribution in [-0.4, -0.2) is 27.3 Å². The first-order valence-electron chi connectivity index (χ1n) is 11.2. The van der Waals surface area contributed by atoms with Gasteiger partial charge in [-0.05, 0) is 42.3 Å². The van der Waals surface area contributed by atoms with Crippen LogP contribution in [-0.2, 0) is 11.2 Å². The summed E-state index contributed by atoms with van der Waals surface area (Å²) in [5.74, 6) is 1.19. The SMILES string of the molecule is CC1=C(C(=O)Nc2ccccc2)C(c2ccc(OCCc3ccccc3)cc2)n2ncnc2N1. The van der Waals surface area contributed by atoms with Crippen LogP contribution < -0.4 is 15.4 Å². The molecule has 1 unspecified atom stereocenters. The number of benzene rings is 3. The van der Waals surface area contributed by atoms with E-state index in [0.717, 1.165) is 29.1 Å². The van der Waals surface area contributed by atoms with E-state index in [1.54, 1.807) is 4.68 Å². The van der Waals surface area contributed by atoms with E-state index in [9.17, 15) is 4.79 Å². The summed E-state index contributed by atoms with van der Waals surface area (Å²) in [6, 6.07) is 27.1. The Hall–Kier alpha value is -4.39. The summed E-state index contributed by atoms with van der Waals surface area (Å²) in [6.07, 6.45) is 2.33. The second-order valence-corrected chi connectivity index (χ2v) is 8.07. The van der Waals surface area contributed by atoms with Crippen LogP contribution in [0.3, 0.4) is 0 Å². The van der Waals surface area contributed by atoms with Gasteiger partial charge >= 0.3 is 0 Å². The van der Waals surface area contributed by atoms with Crippen molar-refractivity contribution < 1.29 is 9.53 Å². The lowest BCUT2D eigenvalue weighted by molar-refractivity contribution is -0.113. The maximum Gasteiger partial charge on any atom is 0.255 e. The largest absolute Gasteiger partial charge is 0.493 e. The van der Waals surface area contributed by atoms with Crippen molar-refractivity contribution in [2.24, 2.45) is 0 Å². The molecule has 0 spiro atoms. The summed E-state index contributed by atoms with van der Waals surface area (Å²) in [7, 11) is 0. The standard InChI is InChI=1S/C27H25N5O2/c1-19-24(26(33)31-22-10-6-3-7-11-22)25(32-27(30-19)28-18-29-32)21-12-14-23(15-13-21)34-17-16-20-8-4-2-5-9-20/h2-15,18,25H,16-17H2,1H3,(H,31,33)(H,28,29,30). The Kier molecular flexibility index (Phi) is 6.07. The average Bonchev–Trinajstić information content (AvgIpc) is 3.33. The number of nitrogens with one attached hydrogen (secondary N) is 2. The van der Waals surface area contributed by atoms with Gasteiger partial charge in [0, 0.05) is 17.8 Å². The molecule has 1 amide bonds. The van der Waals surface area contributed by atoms with E-state index in [2.05, 4.69) is 32.8 Å². The van der Waals surface area contributed by atoms with Gasteiger partial charge in [-0.2, -0.15) is 10.1 Å². The molecular formula is C27H25N5O2. The molecule has 1 aliphatic rings. The molecule has 0 saturated heterocycles. The number of carbonyl (C=O) groups is 1. The summed E-state index contributed by atoms with van der Waals surface area (Å²) in [6.45, 7) is 2.47. The Bertz CT molecular complexity index is 1300. The molecule has 1 aliphatic heterocycles. The van der Waals surface area contributed by atoms with Gasteiger partial charge in [0.2, 0.25) is 5.95 Å². The van der Waals surface area contributed by atoms with Crippen molar-refractivity contribution in [3.8, 4) is 5.75 Å². The molecule has 0 bridgehead atoms. The first kappa shape index (κ1) is 21.5. The Morgan fingerprint density at radius 1 is 1.00 bits per heavy atom. The number of amides is 1. The Morgan fingerprint density at radius 2 is 1.71 bits per heavy atom. The van der Waals surface area contributed by atoms with Crippen LogP contribution in [0.15, 0.2) is 103 Å². The van der Waals surface area contributed by atoms with Crippen LogP contribution in [0.1, 0.15) is 24.1 Å². The molecule has 170 valence electrons. The van der Waals surface area contributed by atoms with Crippen LogP contribution in [0.25, 0.3) is 0 Å². The van der Waals surface area contributed by atoms with Crippen molar-refractivity contribution in [2.75, 3.05) is 17.2 Å². The van der Waals surface area contributed by atoms with E-state index in [0.29, 0.717) is 18.1 Å². The molecule has 0 radical (unpaired) electrons. The zero-order valence-electron chi connectivity index (χ0n) is 18.8. The predicted molar refractivity (Wildman–Crippen MR) is 132 cm³/mol. The van der Waals surface area contributed by atoms with Gasteiger partial charge in [0.05, 0.1) is 12.2 Å². The lowest BCUT2D eigenvalue weighted by Crippen LogP contribution is -2.31. The zero-order chi connectivity index (χ0) is 23.3. The zero-order valence-corrected chi connectivity index (χ0v) is 18.8. The summed E-state index contributed by atoms with van der Waals surface area (Å²) in [4.78, 5) is 17.6. The molecule has 1 aromatic heterocycles. The van der Waals surface area contributed by atoms with Crippen LogP contribution in [0, 0.1) is 0 Å². The molecule has 0 saturated carbocycles. The van der Waals surface area contributed by atoms with Gasteiger partial charge in [-0.25, -0.2) is 4.68 Å². The van der Waals surface area contributed by atoms with Crippen molar-refractivity contribution in [3.05, 3.63) is 114 Å². The van der Waals surface area contributed by atoms with E-state index in [1.807, 2.05) is 79.7 Å². The van der Waals surface area contributed by atoms with Crippen molar-refractivity contribution in [1.29, 1.82) is 0 Å². The molecular weight excluding hydrogens is 426 g/mol. The lowest BCUT2D eigenvalue weighted by Gasteiger charge is -2.28. The van der Waals surface area contributed by atoms with Crippen molar-refractivity contribution >= 4 is 17.5 Å². The third-order valence-corrected chi connectivity index (χ3v) is 5.77. The molecule has 2 N–H and O–H groups in total. The highest BCUT2D eigenvalue weighted by atomic mass is 16.5. The lowest BCUT2D eigenvalue weighted by atomic mass is 9.95. The highest BCUT2D eigenvalue weighted by Gasteiger charge is 2.33. The molecule has 1 atom stereocenters. The van der Waals surface area contributed by atoms with Crippen LogP contribution in [0.4, 0.5) is 11.6 Å². The number of hydrogen-bond donors (Lipinski definition) is 2. The normalized spacial score (nSPS) is 14.8. The molecule has 7 nitrogen and oxygen atoms in total. The molecule has 34 heavy (non-hydrogen) atoms. The number of fused-ring (bicyclic) bond motifs is 1. The van der Waals surface area contributed by atoms with Gasteiger partial charge in [-0.3, -0.25) is 4.79 Å². The molecule has 5 rings (SSSR count). The Morgan fingerprint density at radius 3 is 2.44 bits per heavy atom. The van der Waals surface area contributed by atoms with E-state index in [-0.39, 0.29) is 5.91 Å². The molecule has 3 aromatic carbocycles. The fourth-order valence-corrected chi connectivity index (χ4v) is 4.09. The number of allylic oxidation sites excluding steroid dienone is 1. The minimum Gasteiger partial charge on any atom is -0.493 e. The number of ether oxygens (including phenoxy) is 1. The van der Waals surface area contributed by atoms with Crippen LogP contribution >= 0.6 is 0 Å². The monoisotopic (exact) mass is 451 g/mol. The highest BCUT2D eigenvalue weighted by Crippen LogP contribution is 2.35. The number of nitrogens with zero attached hydrogens (tertiary/aromatic N) is 3. The van der Waals surface area contributed by atoms with Gasteiger partial charge in [-0.1, -0.05) is 60.7 Å². The topological polar surface area (TPSA) is 81.1 Å². The molecule has 0 aliphatic carbocycles. The maximum atomic E-state index is 13.3. The maximum absolute atomic E-state index is 13.3. The minimum atomic E-state index is -0.416. The Balaban J connectivity index is 1.37. The fourth-order valence-electron chi connectivity index (χ4n) is 4.09. The second-order valence-electron chi connectivity index (χ2n) is 8.07. The second kappa shape index (κ2) is 9.62. The molecule has 7 heteroatoms. The quantitative estimate of drug-likeness (QED) is 0.421. The number of para-hydroxylation sites is 1. The van der Waals surface area contributed by atoms with Gasteiger partial charge in [0.1, 0.15) is 18.1 Å². The Labute approximate surface area is 198 Å². The summed E-state index contributed by atoms with van der Waals surface area (Å²) >= 11 is 0. The molecule has 0 fully saturated rings. The van der Waals surface area contributed by atoms with Crippen LogP contribution in [0.2, 0.25) is 0 Å². The van der Waals surface area contributed by atoms with E-state index in [1.165, 1.54) is 11.9 Å². The first-order chi connectivity index (χ1) is 16.7. The summed E-state index contributed by atoms with van der Waals surface area (Å²) in [5.41, 5.74) is 4.21.